The highest BCUT2D eigenvalue weighted by Crippen LogP contribution is 2.26. The molecule has 1 aromatic heterocycles. The fourth-order valence-electron chi connectivity index (χ4n) is 2.02. The van der Waals surface area contributed by atoms with Crippen molar-refractivity contribution in [2.45, 2.75) is 26.1 Å². The van der Waals surface area contributed by atoms with E-state index in [1.165, 1.54) is 32.3 Å². The Hall–Kier alpha value is -2.18. The maximum absolute atomic E-state index is 12.9. The van der Waals surface area contributed by atoms with E-state index < -0.39 is 24.0 Å². The van der Waals surface area contributed by atoms with Crippen molar-refractivity contribution in [3.05, 3.63) is 36.2 Å². The first kappa shape index (κ1) is 15.2. The van der Waals surface area contributed by atoms with Crippen molar-refractivity contribution >= 4 is 16.9 Å². The molecule has 0 bridgehead atoms. The number of hydrogen-bond acceptors (Lipinski definition) is 3. The highest BCUT2D eigenvalue weighted by atomic mass is 19.4. The first-order chi connectivity index (χ1) is 9.80. The standard InChI is InChI=1S/C14H14F3N3O/c1-8(2)12(14(15,16)17)20-13(21)9-4-3-5-10-11(9)19-7-6-18-10/h3-8,12H,1-2H3,(H,20,21)/t12-/m1/s1. The van der Waals surface area contributed by atoms with Crippen LogP contribution in [-0.4, -0.2) is 28.1 Å². The molecule has 0 spiro atoms. The summed E-state index contributed by atoms with van der Waals surface area (Å²) in [5.74, 6) is -1.58. The summed E-state index contributed by atoms with van der Waals surface area (Å²) in [6.07, 6.45) is -1.65. The van der Waals surface area contributed by atoms with Crippen LogP contribution in [0.2, 0.25) is 0 Å². The molecule has 1 amide bonds. The fourth-order valence-corrected chi connectivity index (χ4v) is 2.02. The first-order valence-corrected chi connectivity index (χ1v) is 6.38. The summed E-state index contributed by atoms with van der Waals surface area (Å²) < 4.78 is 38.8. The molecule has 0 aliphatic rings. The van der Waals surface area contributed by atoms with Crippen molar-refractivity contribution in [3.63, 3.8) is 0 Å². The molecule has 0 fully saturated rings. The monoisotopic (exact) mass is 297 g/mol. The van der Waals surface area contributed by atoms with Gasteiger partial charge < -0.3 is 5.32 Å². The molecule has 0 aliphatic heterocycles. The van der Waals surface area contributed by atoms with Crippen molar-refractivity contribution in [2.24, 2.45) is 5.92 Å². The van der Waals surface area contributed by atoms with Gasteiger partial charge in [0.15, 0.2) is 0 Å². The molecule has 1 N–H and O–H groups in total. The van der Waals surface area contributed by atoms with E-state index in [1.54, 1.807) is 12.1 Å². The van der Waals surface area contributed by atoms with Crippen LogP contribution in [-0.2, 0) is 0 Å². The van der Waals surface area contributed by atoms with Crippen molar-refractivity contribution in [1.29, 1.82) is 0 Å². The molecule has 1 heterocycles. The van der Waals surface area contributed by atoms with Crippen LogP contribution in [0.4, 0.5) is 13.2 Å². The van der Waals surface area contributed by atoms with Gasteiger partial charge in [-0.25, -0.2) is 0 Å². The van der Waals surface area contributed by atoms with E-state index in [1.807, 2.05) is 5.32 Å². The van der Waals surface area contributed by atoms with Crippen LogP contribution < -0.4 is 5.32 Å². The van der Waals surface area contributed by atoms with Gasteiger partial charge in [0.1, 0.15) is 11.6 Å². The number of nitrogens with one attached hydrogen (secondary N) is 1. The molecule has 21 heavy (non-hydrogen) atoms. The maximum atomic E-state index is 12.9. The van der Waals surface area contributed by atoms with Crippen LogP contribution in [0.25, 0.3) is 11.0 Å². The second-order valence-corrected chi connectivity index (χ2v) is 4.97. The van der Waals surface area contributed by atoms with Crippen molar-refractivity contribution in [1.82, 2.24) is 15.3 Å². The predicted octanol–water partition coefficient (Wildman–Crippen LogP) is 2.95. The lowest BCUT2D eigenvalue weighted by molar-refractivity contribution is -0.162. The lowest BCUT2D eigenvalue weighted by Crippen LogP contribution is -2.48. The van der Waals surface area contributed by atoms with E-state index in [9.17, 15) is 18.0 Å². The van der Waals surface area contributed by atoms with Crippen molar-refractivity contribution in [2.75, 3.05) is 0 Å². The quantitative estimate of drug-likeness (QED) is 0.947. The molecule has 112 valence electrons. The lowest BCUT2D eigenvalue weighted by Gasteiger charge is -2.25. The molecule has 2 aromatic rings. The molecular weight excluding hydrogens is 283 g/mol. The van der Waals surface area contributed by atoms with Gasteiger partial charge in [0.25, 0.3) is 5.91 Å². The Morgan fingerprint density at radius 3 is 2.48 bits per heavy atom. The van der Waals surface area contributed by atoms with Gasteiger partial charge in [0, 0.05) is 12.4 Å². The highest BCUT2D eigenvalue weighted by Gasteiger charge is 2.42. The Bertz CT molecular complexity index is 650. The third-order valence-corrected chi connectivity index (χ3v) is 3.05. The number of hydrogen-bond donors (Lipinski definition) is 1. The number of carbonyl (C=O) groups is 1. The SMILES string of the molecule is CC(C)[C@@H](NC(=O)c1cccc2nccnc12)C(F)(F)F. The molecule has 1 atom stereocenters. The molecule has 7 heteroatoms. The molecule has 0 aliphatic carbocycles. The van der Waals surface area contributed by atoms with Crippen LogP contribution in [0.5, 0.6) is 0 Å². The molecule has 0 saturated carbocycles. The van der Waals surface area contributed by atoms with Crippen molar-refractivity contribution in [3.8, 4) is 0 Å². The number of nitrogens with zero attached hydrogens (tertiary/aromatic N) is 2. The summed E-state index contributed by atoms with van der Waals surface area (Å²) in [4.78, 5) is 20.2. The number of amides is 1. The van der Waals surface area contributed by atoms with Gasteiger partial charge in [-0.15, -0.1) is 0 Å². The molecule has 4 nitrogen and oxygen atoms in total. The summed E-state index contributed by atoms with van der Waals surface area (Å²) in [6.45, 7) is 2.81. The summed E-state index contributed by atoms with van der Waals surface area (Å²) in [5.41, 5.74) is 0.816. The first-order valence-electron chi connectivity index (χ1n) is 6.38. The average molecular weight is 297 g/mol. The number of alkyl halides is 3. The van der Waals surface area contributed by atoms with Gasteiger partial charge in [0.05, 0.1) is 11.1 Å². The lowest BCUT2D eigenvalue weighted by atomic mass is 10.0. The minimum absolute atomic E-state index is 0.0792. The maximum Gasteiger partial charge on any atom is 0.408 e. The van der Waals surface area contributed by atoms with Crippen molar-refractivity contribution < 1.29 is 18.0 Å². The summed E-state index contributed by atoms with van der Waals surface area (Å²) >= 11 is 0. The van der Waals surface area contributed by atoms with Crippen LogP contribution in [0, 0.1) is 5.92 Å². The fraction of sp³-hybridized carbons (Fsp3) is 0.357. The Balaban J connectivity index is 2.34. The van der Waals surface area contributed by atoms with E-state index in [0.29, 0.717) is 5.52 Å². The molecule has 1 aromatic carbocycles. The second-order valence-electron chi connectivity index (χ2n) is 4.97. The minimum Gasteiger partial charge on any atom is -0.340 e. The van der Waals surface area contributed by atoms with Gasteiger partial charge >= 0.3 is 6.18 Å². The predicted molar refractivity (Wildman–Crippen MR) is 71.7 cm³/mol. The van der Waals surface area contributed by atoms with Crippen LogP contribution in [0.15, 0.2) is 30.6 Å². The largest absolute Gasteiger partial charge is 0.408 e. The Kier molecular flexibility index (Phi) is 4.11. The summed E-state index contributed by atoms with van der Waals surface area (Å²) in [5, 5.41) is 2.03. The van der Waals surface area contributed by atoms with E-state index >= 15 is 0 Å². The van der Waals surface area contributed by atoms with Crippen LogP contribution in [0.3, 0.4) is 0 Å². The summed E-state index contributed by atoms with van der Waals surface area (Å²) in [6, 6.07) is 2.73. The van der Waals surface area contributed by atoms with Gasteiger partial charge in [-0.3, -0.25) is 14.8 Å². The number of benzene rings is 1. The molecule has 0 radical (unpaired) electrons. The number of fused-ring (bicyclic) bond motifs is 1. The van der Waals surface area contributed by atoms with E-state index in [-0.39, 0.29) is 11.1 Å². The third kappa shape index (κ3) is 3.29. The molecule has 0 unspecified atom stereocenters. The van der Waals surface area contributed by atoms with Crippen LogP contribution >= 0.6 is 0 Å². The Labute approximate surface area is 119 Å². The Morgan fingerprint density at radius 1 is 1.19 bits per heavy atom. The smallest absolute Gasteiger partial charge is 0.340 e. The zero-order valence-corrected chi connectivity index (χ0v) is 11.5. The number of halogens is 3. The molecular formula is C14H14F3N3O. The number of para-hydroxylation sites is 1. The third-order valence-electron chi connectivity index (χ3n) is 3.05. The van der Waals surface area contributed by atoms with Gasteiger partial charge in [-0.2, -0.15) is 13.2 Å². The second kappa shape index (κ2) is 5.67. The van der Waals surface area contributed by atoms with E-state index in [4.69, 9.17) is 0 Å². The average Bonchev–Trinajstić information content (AvgIpc) is 2.42. The number of aromatic nitrogens is 2. The number of carbonyl (C=O) groups excluding carboxylic acids is 1. The highest BCUT2D eigenvalue weighted by molar-refractivity contribution is 6.04. The molecule has 0 saturated heterocycles. The minimum atomic E-state index is -4.50. The zero-order valence-electron chi connectivity index (χ0n) is 11.5. The zero-order chi connectivity index (χ0) is 15.6. The summed E-state index contributed by atoms with van der Waals surface area (Å²) in [7, 11) is 0. The van der Waals surface area contributed by atoms with E-state index in [0.717, 1.165) is 0 Å². The Morgan fingerprint density at radius 2 is 1.86 bits per heavy atom. The molecule has 2 rings (SSSR count). The topological polar surface area (TPSA) is 54.9 Å². The normalized spacial score (nSPS) is 13.4. The van der Waals surface area contributed by atoms with Crippen LogP contribution in [0.1, 0.15) is 24.2 Å². The van der Waals surface area contributed by atoms with Gasteiger partial charge in [-0.05, 0) is 18.1 Å². The van der Waals surface area contributed by atoms with Gasteiger partial charge in [-0.1, -0.05) is 19.9 Å². The van der Waals surface area contributed by atoms with E-state index in [2.05, 4.69) is 9.97 Å². The van der Waals surface area contributed by atoms with Gasteiger partial charge in [0.2, 0.25) is 0 Å². The number of rotatable bonds is 3.